The molecule has 0 amide bonds. The van der Waals surface area contributed by atoms with E-state index in [9.17, 15) is 0 Å². The van der Waals surface area contributed by atoms with Crippen LogP contribution in [0.2, 0.25) is 0 Å². The smallest absolute Gasteiger partial charge is 0.0609 e. The molecule has 2 heteroatoms. The van der Waals surface area contributed by atoms with Gasteiger partial charge in [0.05, 0.1) is 12.2 Å². The molecule has 2 nitrogen and oxygen atoms in total. The molecule has 0 aromatic heterocycles. The molecule has 2 N–H and O–H groups in total. The van der Waals surface area contributed by atoms with Gasteiger partial charge in [-0.25, -0.2) is 0 Å². The summed E-state index contributed by atoms with van der Waals surface area (Å²) in [6.07, 6.45) is 9.27. The van der Waals surface area contributed by atoms with Gasteiger partial charge in [0.15, 0.2) is 0 Å². The van der Waals surface area contributed by atoms with Crippen LogP contribution in [0.3, 0.4) is 0 Å². The zero-order valence-electron chi connectivity index (χ0n) is 8.17. The largest absolute Gasteiger partial charge is 0.375 e. The molecule has 3 rings (SSSR count). The molecule has 3 unspecified atom stereocenters. The summed E-state index contributed by atoms with van der Waals surface area (Å²) in [5.41, 5.74) is 6.36. The van der Waals surface area contributed by atoms with Gasteiger partial charge in [-0.3, -0.25) is 0 Å². The molecule has 3 atom stereocenters. The fourth-order valence-electron chi connectivity index (χ4n) is 3.18. The van der Waals surface area contributed by atoms with Gasteiger partial charge < -0.3 is 10.5 Å². The van der Waals surface area contributed by atoms with Gasteiger partial charge in [0, 0.05) is 0 Å². The van der Waals surface area contributed by atoms with Crippen LogP contribution in [-0.2, 0) is 4.74 Å². The monoisotopic (exact) mass is 181 g/mol. The second kappa shape index (κ2) is 2.71. The Hall–Kier alpha value is -0.0800. The average Bonchev–Trinajstić information content (AvgIpc) is 2.62. The van der Waals surface area contributed by atoms with Crippen LogP contribution in [-0.4, -0.2) is 18.8 Å². The van der Waals surface area contributed by atoms with Crippen molar-refractivity contribution in [2.24, 2.45) is 17.1 Å². The van der Waals surface area contributed by atoms with Crippen molar-refractivity contribution < 1.29 is 4.74 Å². The number of fused-ring (bicyclic) bond motifs is 2. The summed E-state index contributed by atoms with van der Waals surface area (Å²) in [6, 6.07) is 0. The van der Waals surface area contributed by atoms with Crippen molar-refractivity contribution in [2.75, 3.05) is 6.54 Å². The van der Waals surface area contributed by atoms with Crippen molar-refractivity contribution in [1.82, 2.24) is 0 Å². The van der Waals surface area contributed by atoms with Crippen LogP contribution in [0, 0.1) is 11.3 Å². The zero-order chi connectivity index (χ0) is 8.89. The molecule has 0 aromatic carbocycles. The normalized spacial score (nSPS) is 45.5. The van der Waals surface area contributed by atoms with Crippen molar-refractivity contribution in [2.45, 2.75) is 50.7 Å². The molecular formula is C11H19NO. The van der Waals surface area contributed by atoms with E-state index in [4.69, 9.17) is 10.5 Å². The molecule has 0 aromatic rings. The highest BCUT2D eigenvalue weighted by Crippen LogP contribution is 2.54. The molecule has 0 radical (unpaired) electrons. The summed E-state index contributed by atoms with van der Waals surface area (Å²) < 4.78 is 5.86. The molecule has 74 valence electrons. The highest BCUT2D eigenvalue weighted by molar-refractivity contribution is 5.00. The Morgan fingerprint density at radius 3 is 2.62 bits per heavy atom. The molecule has 2 saturated heterocycles. The lowest BCUT2D eigenvalue weighted by molar-refractivity contribution is 0.0876. The third-order valence-electron chi connectivity index (χ3n) is 4.32. The third kappa shape index (κ3) is 1.31. The lowest BCUT2D eigenvalue weighted by atomic mass is 9.81. The second-order valence-electron chi connectivity index (χ2n) is 5.28. The van der Waals surface area contributed by atoms with E-state index in [1.807, 2.05) is 0 Å². The number of rotatable bonds is 3. The molecule has 1 aliphatic carbocycles. The van der Waals surface area contributed by atoms with Crippen LogP contribution in [0.1, 0.15) is 38.5 Å². The van der Waals surface area contributed by atoms with Crippen LogP contribution in [0.5, 0.6) is 0 Å². The van der Waals surface area contributed by atoms with Crippen LogP contribution < -0.4 is 5.73 Å². The number of nitrogens with two attached hydrogens (primary N) is 1. The Morgan fingerprint density at radius 2 is 2.15 bits per heavy atom. The lowest BCUT2D eigenvalue weighted by Crippen LogP contribution is -2.24. The van der Waals surface area contributed by atoms with Crippen molar-refractivity contribution in [3.63, 3.8) is 0 Å². The van der Waals surface area contributed by atoms with Gasteiger partial charge in [-0.1, -0.05) is 0 Å². The Morgan fingerprint density at radius 1 is 1.31 bits per heavy atom. The maximum Gasteiger partial charge on any atom is 0.0609 e. The average molecular weight is 181 g/mol. The van der Waals surface area contributed by atoms with E-state index in [1.165, 1.54) is 38.5 Å². The van der Waals surface area contributed by atoms with Gasteiger partial charge in [-0.05, 0) is 56.4 Å². The van der Waals surface area contributed by atoms with Crippen molar-refractivity contribution >= 4 is 0 Å². The first-order chi connectivity index (χ1) is 6.31. The van der Waals surface area contributed by atoms with Gasteiger partial charge in [-0.2, -0.15) is 0 Å². The quantitative estimate of drug-likeness (QED) is 0.719. The predicted molar refractivity (Wildman–Crippen MR) is 51.3 cm³/mol. The summed E-state index contributed by atoms with van der Waals surface area (Å²) in [6.45, 7) is 0.904. The van der Waals surface area contributed by atoms with E-state index in [0.717, 1.165) is 12.5 Å². The van der Waals surface area contributed by atoms with E-state index < -0.39 is 0 Å². The summed E-state index contributed by atoms with van der Waals surface area (Å²) in [5, 5.41) is 0. The van der Waals surface area contributed by atoms with Crippen LogP contribution in [0.4, 0.5) is 0 Å². The Bertz CT molecular complexity index is 212. The third-order valence-corrected chi connectivity index (χ3v) is 4.32. The first kappa shape index (κ1) is 8.25. The number of hydrogen-bond acceptors (Lipinski definition) is 2. The van der Waals surface area contributed by atoms with Crippen molar-refractivity contribution in [3.8, 4) is 0 Å². The molecule has 13 heavy (non-hydrogen) atoms. The minimum Gasteiger partial charge on any atom is -0.375 e. The van der Waals surface area contributed by atoms with E-state index >= 15 is 0 Å². The highest BCUT2D eigenvalue weighted by atomic mass is 16.5. The fraction of sp³-hybridized carbons (Fsp3) is 1.00. The minimum atomic E-state index is 0.554. The van der Waals surface area contributed by atoms with Crippen molar-refractivity contribution in [1.29, 1.82) is 0 Å². The molecule has 2 heterocycles. The van der Waals surface area contributed by atoms with Gasteiger partial charge in [0.2, 0.25) is 0 Å². The standard InChI is InChI=1S/C11H19NO/c12-7-11(3-4-11)6-8-5-9-1-2-10(8)13-9/h8-10H,1-7,12H2. The summed E-state index contributed by atoms with van der Waals surface area (Å²) in [7, 11) is 0. The lowest BCUT2D eigenvalue weighted by Gasteiger charge is -2.23. The molecule has 1 saturated carbocycles. The first-order valence-corrected chi connectivity index (χ1v) is 5.67. The van der Waals surface area contributed by atoms with Gasteiger partial charge >= 0.3 is 0 Å². The van der Waals surface area contributed by atoms with Crippen molar-refractivity contribution in [3.05, 3.63) is 0 Å². The maximum atomic E-state index is 5.86. The zero-order valence-corrected chi connectivity index (χ0v) is 8.17. The molecule has 3 aliphatic rings. The first-order valence-electron chi connectivity index (χ1n) is 5.67. The van der Waals surface area contributed by atoms with E-state index in [2.05, 4.69) is 0 Å². The Balaban J connectivity index is 1.62. The summed E-state index contributed by atoms with van der Waals surface area (Å²) in [5.74, 6) is 0.852. The Labute approximate surface area is 79.8 Å². The minimum absolute atomic E-state index is 0.554. The van der Waals surface area contributed by atoms with Gasteiger partial charge in [0.25, 0.3) is 0 Å². The Kier molecular flexibility index (Phi) is 1.72. The van der Waals surface area contributed by atoms with Gasteiger partial charge in [0.1, 0.15) is 0 Å². The number of hydrogen-bond donors (Lipinski definition) is 1. The van der Waals surface area contributed by atoms with Crippen LogP contribution in [0.15, 0.2) is 0 Å². The summed E-state index contributed by atoms with van der Waals surface area (Å²) >= 11 is 0. The maximum absolute atomic E-state index is 5.86. The molecule has 2 bridgehead atoms. The van der Waals surface area contributed by atoms with E-state index in [1.54, 1.807) is 0 Å². The molecular weight excluding hydrogens is 162 g/mol. The predicted octanol–water partition coefficient (Wildman–Crippen LogP) is 1.68. The highest BCUT2D eigenvalue weighted by Gasteiger charge is 2.48. The van der Waals surface area contributed by atoms with E-state index in [-0.39, 0.29) is 0 Å². The van der Waals surface area contributed by atoms with Gasteiger partial charge in [-0.15, -0.1) is 0 Å². The topological polar surface area (TPSA) is 35.2 Å². The van der Waals surface area contributed by atoms with Crippen LogP contribution in [0.25, 0.3) is 0 Å². The molecule has 0 spiro atoms. The molecule has 3 fully saturated rings. The molecule has 2 aliphatic heterocycles. The SMILES string of the molecule is NCC1(CC2CC3CCC2O3)CC1. The number of ether oxygens (including phenoxy) is 1. The van der Waals surface area contributed by atoms with E-state index in [0.29, 0.717) is 17.6 Å². The second-order valence-corrected chi connectivity index (χ2v) is 5.28. The summed E-state index contributed by atoms with van der Waals surface area (Å²) in [4.78, 5) is 0. The van der Waals surface area contributed by atoms with Crippen LogP contribution >= 0.6 is 0 Å². The fourth-order valence-corrected chi connectivity index (χ4v) is 3.18.